The molecule has 3 heterocycles. The molecule has 1 aliphatic carbocycles. The lowest BCUT2D eigenvalue weighted by Crippen LogP contribution is -2.32. The van der Waals surface area contributed by atoms with Crippen LogP contribution in [0.4, 0.5) is 0 Å². The van der Waals surface area contributed by atoms with E-state index in [9.17, 15) is 0 Å². The second-order valence-corrected chi connectivity index (χ2v) is 16.5. The molecule has 0 saturated carbocycles. The van der Waals surface area contributed by atoms with Crippen molar-refractivity contribution in [3.05, 3.63) is 241 Å². The minimum absolute atomic E-state index is 0.556. The molecule has 0 N–H and O–H groups in total. The first-order valence-corrected chi connectivity index (χ1v) is 21.6. The van der Waals surface area contributed by atoms with Gasteiger partial charge >= 0.3 is 0 Å². The van der Waals surface area contributed by atoms with Gasteiger partial charge in [-0.15, -0.1) is 0 Å². The Kier molecular flexibility index (Phi) is 8.06. The Morgan fingerprint density at radius 1 is 0.328 bits per heavy atom. The predicted octanol–water partition coefficient (Wildman–Crippen LogP) is 14.4. The summed E-state index contributed by atoms with van der Waals surface area (Å²) in [5.41, 5.74) is 14.6. The molecule has 0 saturated heterocycles. The minimum Gasteiger partial charge on any atom is -0.456 e. The summed E-state index contributed by atoms with van der Waals surface area (Å²) in [6.07, 6.45) is 0. The highest BCUT2D eigenvalue weighted by Gasteiger charge is 2.51. The van der Waals surface area contributed by atoms with Gasteiger partial charge in [0.15, 0.2) is 17.5 Å². The monoisotopic (exact) mass is 816 g/mol. The first-order chi connectivity index (χ1) is 31.7. The Morgan fingerprint density at radius 2 is 0.859 bits per heavy atom. The molecule has 5 heteroatoms. The molecule has 298 valence electrons. The van der Waals surface area contributed by atoms with Gasteiger partial charge < -0.3 is 4.74 Å². The molecule has 0 radical (unpaired) electrons. The molecule has 9 aromatic carbocycles. The number of hydrogen-bond donors (Lipinski definition) is 0. The lowest BCUT2D eigenvalue weighted by Gasteiger charge is -2.40. The maximum atomic E-state index is 7.15. The average Bonchev–Trinajstić information content (AvgIpc) is 3.67. The summed E-state index contributed by atoms with van der Waals surface area (Å²) in [4.78, 5) is 20.2. The molecule has 1 aliphatic heterocycles. The topological polar surface area (TPSA) is 60.8 Å². The second kappa shape index (κ2) is 14.3. The highest BCUT2D eigenvalue weighted by Crippen LogP contribution is 2.63. The summed E-state index contributed by atoms with van der Waals surface area (Å²) in [5, 5.41) is 3.16. The van der Waals surface area contributed by atoms with E-state index >= 15 is 0 Å². The van der Waals surface area contributed by atoms with Crippen molar-refractivity contribution in [2.45, 2.75) is 5.41 Å². The van der Waals surface area contributed by atoms with Gasteiger partial charge in [0.05, 0.1) is 16.6 Å². The molecule has 0 fully saturated rings. The molecular formula is C59H36N4O. The van der Waals surface area contributed by atoms with E-state index in [4.69, 9.17) is 24.7 Å². The van der Waals surface area contributed by atoms with Crippen LogP contribution in [0, 0.1) is 0 Å². The van der Waals surface area contributed by atoms with E-state index in [-0.39, 0.29) is 0 Å². The van der Waals surface area contributed by atoms with Crippen LogP contribution in [0.15, 0.2) is 218 Å². The number of aromatic nitrogens is 4. The summed E-state index contributed by atoms with van der Waals surface area (Å²) >= 11 is 0. The van der Waals surface area contributed by atoms with E-state index < -0.39 is 5.41 Å². The molecule has 0 amide bonds. The molecule has 0 bridgehead atoms. The van der Waals surface area contributed by atoms with Gasteiger partial charge in [0.25, 0.3) is 0 Å². The van der Waals surface area contributed by atoms with Crippen LogP contribution in [0.25, 0.3) is 89.4 Å². The summed E-state index contributed by atoms with van der Waals surface area (Å²) in [6, 6.07) is 76.6. The number of nitrogens with zero attached hydrogens (tertiary/aromatic N) is 4. The Morgan fingerprint density at radius 3 is 1.55 bits per heavy atom. The number of fused-ring (bicyclic) bond motifs is 13. The fraction of sp³-hybridized carbons (Fsp3) is 0.0169. The Labute approximate surface area is 370 Å². The lowest BCUT2D eigenvalue weighted by molar-refractivity contribution is 0.442. The van der Waals surface area contributed by atoms with E-state index in [2.05, 4.69) is 158 Å². The van der Waals surface area contributed by atoms with Gasteiger partial charge in [-0.1, -0.05) is 200 Å². The van der Waals surface area contributed by atoms with Gasteiger partial charge in [0.2, 0.25) is 0 Å². The molecular weight excluding hydrogens is 781 g/mol. The zero-order valence-electron chi connectivity index (χ0n) is 34.5. The van der Waals surface area contributed by atoms with Crippen LogP contribution < -0.4 is 4.74 Å². The van der Waals surface area contributed by atoms with Crippen molar-refractivity contribution in [2.75, 3.05) is 0 Å². The van der Waals surface area contributed by atoms with Crippen molar-refractivity contribution < 1.29 is 4.74 Å². The van der Waals surface area contributed by atoms with Crippen LogP contribution in [0.5, 0.6) is 11.5 Å². The van der Waals surface area contributed by atoms with Gasteiger partial charge in [-0.3, -0.25) is 0 Å². The predicted molar refractivity (Wildman–Crippen MR) is 257 cm³/mol. The number of benzene rings is 9. The van der Waals surface area contributed by atoms with E-state index in [1.807, 2.05) is 60.7 Å². The molecule has 11 aromatic rings. The normalized spacial score (nSPS) is 12.9. The maximum Gasteiger partial charge on any atom is 0.164 e. The lowest BCUT2D eigenvalue weighted by atomic mass is 9.65. The van der Waals surface area contributed by atoms with E-state index in [1.165, 1.54) is 22.3 Å². The van der Waals surface area contributed by atoms with Gasteiger partial charge in [-0.25, -0.2) is 19.9 Å². The summed E-state index contributed by atoms with van der Waals surface area (Å²) in [5.74, 6) is 3.64. The van der Waals surface area contributed by atoms with Crippen molar-refractivity contribution in [1.82, 2.24) is 19.9 Å². The molecule has 64 heavy (non-hydrogen) atoms. The number of pyridine rings is 1. The standard InChI is InChI=1S/C59H36N4O/c1-3-16-39(17-4-1)56-61-57(40-18-5-2-6-19-40)63-58(62-56)42-21-15-20-41(36-42)37-30-32-38(33-31-37)54-46-34-35-50-55(53(46)45-24-9-13-28-51(45)60-54)64-52-29-14-12-27-49(52)59(50)47-25-10-7-22-43(47)44-23-8-11-26-48(44)59/h1-36H. The number of hydrogen-bond acceptors (Lipinski definition) is 5. The molecule has 0 atom stereocenters. The van der Waals surface area contributed by atoms with Crippen LogP contribution in [0.3, 0.4) is 0 Å². The molecule has 0 unspecified atom stereocenters. The van der Waals surface area contributed by atoms with Crippen LogP contribution >= 0.6 is 0 Å². The third kappa shape index (κ3) is 5.44. The van der Waals surface area contributed by atoms with Crippen molar-refractivity contribution in [2.24, 2.45) is 0 Å². The number of rotatable bonds is 5. The first-order valence-electron chi connectivity index (χ1n) is 21.6. The van der Waals surface area contributed by atoms with Gasteiger partial charge in [-0.2, -0.15) is 0 Å². The number of para-hydroxylation sites is 2. The second-order valence-electron chi connectivity index (χ2n) is 16.5. The Bertz CT molecular complexity index is 3540. The van der Waals surface area contributed by atoms with Crippen molar-refractivity contribution in [3.63, 3.8) is 0 Å². The Balaban J connectivity index is 0.947. The highest BCUT2D eigenvalue weighted by atomic mass is 16.5. The third-order valence-electron chi connectivity index (χ3n) is 13.0. The minimum atomic E-state index is -0.556. The zero-order valence-corrected chi connectivity index (χ0v) is 34.5. The van der Waals surface area contributed by atoms with E-state index in [0.717, 1.165) is 83.4 Å². The van der Waals surface area contributed by atoms with Crippen LogP contribution in [-0.2, 0) is 5.41 Å². The Hall–Kier alpha value is -8.54. The third-order valence-corrected chi connectivity index (χ3v) is 13.0. The average molecular weight is 817 g/mol. The zero-order chi connectivity index (χ0) is 42.2. The van der Waals surface area contributed by atoms with E-state index in [1.54, 1.807) is 0 Å². The molecule has 5 nitrogen and oxygen atoms in total. The van der Waals surface area contributed by atoms with Gasteiger partial charge in [-0.05, 0) is 51.6 Å². The quantitative estimate of drug-likeness (QED) is 0.162. The SMILES string of the molecule is c1ccc(-c2nc(-c3ccccc3)nc(-c3cccc(-c4ccc(-c5nc6ccccc6c6c7c(ccc56)C5(c6ccccc6O7)c6ccccc6-c6ccccc65)cc4)c3)n2)cc1. The highest BCUT2D eigenvalue weighted by molar-refractivity contribution is 6.15. The molecule has 13 rings (SSSR count). The smallest absolute Gasteiger partial charge is 0.164 e. The summed E-state index contributed by atoms with van der Waals surface area (Å²) < 4.78 is 7.15. The van der Waals surface area contributed by atoms with Crippen molar-refractivity contribution in [1.29, 1.82) is 0 Å². The molecule has 1 spiro atoms. The first kappa shape index (κ1) is 36.1. The maximum absolute atomic E-state index is 7.15. The van der Waals surface area contributed by atoms with Crippen LogP contribution in [-0.4, -0.2) is 19.9 Å². The summed E-state index contributed by atoms with van der Waals surface area (Å²) in [6.45, 7) is 0. The van der Waals surface area contributed by atoms with Crippen molar-refractivity contribution in [3.8, 4) is 79.2 Å². The molecule has 2 aromatic heterocycles. The number of ether oxygens (including phenoxy) is 1. The molecule has 2 aliphatic rings. The fourth-order valence-corrected chi connectivity index (χ4v) is 10.2. The fourth-order valence-electron chi connectivity index (χ4n) is 10.2. The van der Waals surface area contributed by atoms with Gasteiger partial charge in [0, 0.05) is 49.5 Å². The largest absolute Gasteiger partial charge is 0.456 e. The van der Waals surface area contributed by atoms with Gasteiger partial charge in [0.1, 0.15) is 11.5 Å². The van der Waals surface area contributed by atoms with Crippen molar-refractivity contribution >= 4 is 21.7 Å². The van der Waals surface area contributed by atoms with Crippen LogP contribution in [0.1, 0.15) is 22.3 Å². The summed E-state index contributed by atoms with van der Waals surface area (Å²) in [7, 11) is 0. The van der Waals surface area contributed by atoms with Crippen LogP contribution in [0.2, 0.25) is 0 Å². The van der Waals surface area contributed by atoms with E-state index in [0.29, 0.717) is 17.5 Å².